The maximum Gasteiger partial charge on any atom is 0.241 e. The first-order valence-electron chi connectivity index (χ1n) is 9.62. The molecule has 0 aliphatic rings. The number of nitrogens with one attached hydrogen (secondary N) is 1. The van der Waals surface area contributed by atoms with Gasteiger partial charge in [-0.3, -0.25) is 9.10 Å². The van der Waals surface area contributed by atoms with Crippen LogP contribution >= 0.6 is 0 Å². The van der Waals surface area contributed by atoms with Gasteiger partial charge in [-0.05, 0) is 27.8 Å². The Morgan fingerprint density at radius 2 is 1.37 bits per heavy atom. The van der Waals surface area contributed by atoms with Crippen LogP contribution < -0.4 is 9.62 Å². The van der Waals surface area contributed by atoms with Gasteiger partial charge in [-0.2, -0.15) is 0 Å². The fraction of sp³-hybridized carbons (Fsp3) is 0.125. The number of hydrogen-bond donors (Lipinski definition) is 1. The minimum absolute atomic E-state index is 0.280. The van der Waals surface area contributed by atoms with E-state index < -0.39 is 10.0 Å². The summed E-state index contributed by atoms with van der Waals surface area (Å²) in [7, 11) is -3.65. The van der Waals surface area contributed by atoms with Gasteiger partial charge in [-0.25, -0.2) is 8.42 Å². The zero-order chi connectivity index (χ0) is 21.1. The van der Waals surface area contributed by atoms with Gasteiger partial charge in [-0.15, -0.1) is 0 Å². The highest BCUT2D eigenvalue weighted by atomic mass is 32.2. The molecule has 30 heavy (non-hydrogen) atoms. The van der Waals surface area contributed by atoms with Crippen LogP contribution in [0.4, 0.5) is 5.69 Å². The molecule has 1 N–H and O–H groups in total. The molecule has 4 aromatic carbocycles. The van der Waals surface area contributed by atoms with Gasteiger partial charge in [0.05, 0.1) is 11.9 Å². The van der Waals surface area contributed by atoms with Crippen molar-refractivity contribution in [1.82, 2.24) is 5.32 Å². The number of nitrogens with zero attached hydrogens (tertiary/aromatic N) is 1. The predicted octanol–water partition coefficient (Wildman–Crippen LogP) is 4.08. The summed E-state index contributed by atoms with van der Waals surface area (Å²) in [6.07, 6.45) is 1.12. The van der Waals surface area contributed by atoms with Crippen molar-refractivity contribution < 1.29 is 13.2 Å². The lowest BCUT2D eigenvalue weighted by Crippen LogP contribution is -2.40. The molecule has 4 rings (SSSR count). The quantitative estimate of drug-likeness (QED) is 0.513. The van der Waals surface area contributed by atoms with Crippen LogP contribution in [0.25, 0.3) is 21.5 Å². The summed E-state index contributed by atoms with van der Waals surface area (Å²) >= 11 is 0. The molecule has 0 atom stereocenters. The van der Waals surface area contributed by atoms with Crippen LogP contribution in [0.1, 0.15) is 5.56 Å². The van der Waals surface area contributed by atoms with Crippen LogP contribution in [-0.2, 0) is 21.4 Å². The summed E-state index contributed by atoms with van der Waals surface area (Å²) in [5, 5.41) is 6.73. The van der Waals surface area contributed by atoms with Gasteiger partial charge >= 0.3 is 0 Å². The fourth-order valence-electron chi connectivity index (χ4n) is 3.63. The Morgan fingerprint density at radius 3 is 2.07 bits per heavy atom. The minimum Gasteiger partial charge on any atom is -0.350 e. The van der Waals surface area contributed by atoms with E-state index in [1.54, 1.807) is 12.1 Å². The Morgan fingerprint density at radius 1 is 0.800 bits per heavy atom. The molecule has 0 radical (unpaired) electrons. The number of anilines is 1. The summed E-state index contributed by atoms with van der Waals surface area (Å²) in [5.41, 5.74) is 1.48. The molecule has 0 unspecified atom stereocenters. The molecule has 4 aromatic rings. The van der Waals surface area contributed by atoms with Gasteiger partial charge in [0.1, 0.15) is 6.54 Å². The number of amides is 1. The number of benzene rings is 4. The van der Waals surface area contributed by atoms with E-state index in [1.165, 1.54) is 0 Å². The average Bonchev–Trinajstić information content (AvgIpc) is 2.75. The SMILES string of the molecule is CS(=O)(=O)N(CC(=O)NCc1cccc2ccccc12)c1cccc2ccccc12. The molecule has 0 aliphatic heterocycles. The first-order chi connectivity index (χ1) is 14.4. The average molecular weight is 419 g/mol. The van der Waals surface area contributed by atoms with Crippen LogP contribution in [0.3, 0.4) is 0 Å². The van der Waals surface area contributed by atoms with Crippen molar-refractivity contribution >= 4 is 43.2 Å². The van der Waals surface area contributed by atoms with E-state index in [0.29, 0.717) is 12.2 Å². The number of sulfonamides is 1. The summed E-state index contributed by atoms with van der Waals surface area (Å²) < 4.78 is 26.2. The van der Waals surface area contributed by atoms with Gasteiger partial charge in [0.2, 0.25) is 15.9 Å². The maximum absolute atomic E-state index is 12.7. The van der Waals surface area contributed by atoms with Crippen molar-refractivity contribution in [3.63, 3.8) is 0 Å². The lowest BCUT2D eigenvalue weighted by molar-refractivity contribution is -0.119. The highest BCUT2D eigenvalue weighted by molar-refractivity contribution is 7.92. The fourth-order valence-corrected chi connectivity index (χ4v) is 4.50. The zero-order valence-electron chi connectivity index (χ0n) is 16.6. The van der Waals surface area contributed by atoms with E-state index in [-0.39, 0.29) is 12.5 Å². The second-order valence-corrected chi connectivity index (χ2v) is 9.09. The first-order valence-corrected chi connectivity index (χ1v) is 11.5. The number of carbonyl (C=O) groups is 1. The number of rotatable bonds is 6. The zero-order valence-corrected chi connectivity index (χ0v) is 17.4. The van der Waals surface area contributed by atoms with E-state index in [9.17, 15) is 13.2 Å². The third kappa shape index (κ3) is 4.14. The van der Waals surface area contributed by atoms with E-state index in [4.69, 9.17) is 0 Å². The van der Waals surface area contributed by atoms with E-state index in [1.807, 2.05) is 72.8 Å². The van der Waals surface area contributed by atoms with E-state index in [2.05, 4.69) is 5.32 Å². The summed E-state index contributed by atoms with van der Waals surface area (Å²) in [4.78, 5) is 12.7. The van der Waals surface area contributed by atoms with Crippen molar-refractivity contribution in [3.05, 3.63) is 90.5 Å². The van der Waals surface area contributed by atoms with Crippen LogP contribution in [0.15, 0.2) is 84.9 Å². The van der Waals surface area contributed by atoms with Gasteiger partial charge in [0.25, 0.3) is 0 Å². The second kappa shape index (κ2) is 8.16. The highest BCUT2D eigenvalue weighted by Crippen LogP contribution is 2.28. The summed E-state index contributed by atoms with van der Waals surface area (Å²) in [6, 6.07) is 26.8. The van der Waals surface area contributed by atoms with Gasteiger partial charge < -0.3 is 5.32 Å². The number of hydrogen-bond acceptors (Lipinski definition) is 3. The smallest absolute Gasteiger partial charge is 0.241 e. The molecular weight excluding hydrogens is 396 g/mol. The van der Waals surface area contributed by atoms with Gasteiger partial charge in [0, 0.05) is 11.9 Å². The molecule has 0 aromatic heterocycles. The lowest BCUT2D eigenvalue weighted by atomic mass is 10.0. The first kappa shape index (κ1) is 19.9. The monoisotopic (exact) mass is 418 g/mol. The largest absolute Gasteiger partial charge is 0.350 e. The normalized spacial score (nSPS) is 11.5. The van der Waals surface area contributed by atoms with Crippen molar-refractivity contribution in [2.45, 2.75) is 6.54 Å². The van der Waals surface area contributed by atoms with E-state index >= 15 is 0 Å². The van der Waals surface area contributed by atoms with Crippen LogP contribution in [0.5, 0.6) is 0 Å². The summed E-state index contributed by atoms with van der Waals surface area (Å²) in [5.74, 6) is -0.360. The third-order valence-electron chi connectivity index (χ3n) is 5.08. The summed E-state index contributed by atoms with van der Waals surface area (Å²) in [6.45, 7) is 0.0466. The highest BCUT2D eigenvalue weighted by Gasteiger charge is 2.22. The van der Waals surface area contributed by atoms with E-state index in [0.717, 1.165) is 37.7 Å². The molecular formula is C24H22N2O3S. The van der Waals surface area contributed by atoms with Crippen molar-refractivity contribution in [3.8, 4) is 0 Å². The molecule has 5 nitrogen and oxygen atoms in total. The topological polar surface area (TPSA) is 66.5 Å². The molecule has 0 saturated heterocycles. The standard InChI is InChI=1S/C24H22N2O3S/c1-30(28,29)26(23-15-7-11-19-9-3-5-14-22(19)23)17-24(27)25-16-20-12-6-10-18-8-2-4-13-21(18)20/h2-15H,16-17H2,1H3,(H,25,27). The molecule has 0 fully saturated rings. The van der Waals surface area contributed by atoms with Crippen LogP contribution in [0.2, 0.25) is 0 Å². The Labute approximate surface area is 176 Å². The number of carbonyl (C=O) groups excluding carboxylic acids is 1. The van der Waals surface area contributed by atoms with Crippen molar-refractivity contribution in [2.24, 2.45) is 0 Å². The van der Waals surface area contributed by atoms with Crippen LogP contribution in [0, 0.1) is 0 Å². The Kier molecular flexibility index (Phi) is 5.42. The Balaban J connectivity index is 1.57. The third-order valence-corrected chi connectivity index (χ3v) is 6.21. The van der Waals surface area contributed by atoms with Crippen LogP contribution in [-0.4, -0.2) is 27.1 Å². The molecule has 0 spiro atoms. The Bertz CT molecular complexity index is 1320. The minimum atomic E-state index is -3.65. The molecule has 6 heteroatoms. The molecule has 0 bridgehead atoms. The van der Waals surface area contributed by atoms with Gasteiger partial charge in [-0.1, -0.05) is 78.9 Å². The maximum atomic E-state index is 12.7. The molecule has 0 saturated carbocycles. The lowest BCUT2D eigenvalue weighted by Gasteiger charge is -2.23. The molecule has 1 amide bonds. The second-order valence-electron chi connectivity index (χ2n) is 7.18. The number of fused-ring (bicyclic) bond motifs is 2. The predicted molar refractivity (Wildman–Crippen MR) is 122 cm³/mol. The molecule has 152 valence electrons. The van der Waals surface area contributed by atoms with Gasteiger partial charge in [0.15, 0.2) is 0 Å². The van der Waals surface area contributed by atoms with Crippen molar-refractivity contribution in [1.29, 1.82) is 0 Å². The molecule has 0 heterocycles. The van der Waals surface area contributed by atoms with Crippen molar-refractivity contribution in [2.75, 3.05) is 17.1 Å². The molecule has 0 aliphatic carbocycles. The Hall–Kier alpha value is -3.38.